The lowest BCUT2D eigenvalue weighted by Gasteiger charge is -2.20. The molecule has 3 rings (SSSR count). The highest BCUT2D eigenvalue weighted by molar-refractivity contribution is 6.31. The largest absolute Gasteiger partial charge is 0.427 e. The Labute approximate surface area is 172 Å². The summed E-state index contributed by atoms with van der Waals surface area (Å²) in [4.78, 5) is 34.7. The first-order valence-corrected chi connectivity index (χ1v) is 9.26. The van der Waals surface area contributed by atoms with Gasteiger partial charge in [0.15, 0.2) is 0 Å². The van der Waals surface area contributed by atoms with Crippen LogP contribution in [0.4, 0.5) is 0 Å². The van der Waals surface area contributed by atoms with Crippen molar-refractivity contribution in [3.8, 4) is 11.5 Å². The van der Waals surface area contributed by atoms with Crippen molar-refractivity contribution >= 4 is 35.2 Å². The van der Waals surface area contributed by atoms with Crippen LogP contribution in [0.25, 0.3) is 0 Å². The molecule has 0 unspecified atom stereocenters. The fraction of sp³-hybridized carbons (Fsp3) is 0.238. The van der Waals surface area contributed by atoms with Gasteiger partial charge in [0.05, 0.1) is 11.8 Å². The Balaban J connectivity index is 1.93. The van der Waals surface area contributed by atoms with E-state index in [4.69, 9.17) is 21.1 Å². The molecule has 150 valence electrons. The Morgan fingerprint density at radius 2 is 1.66 bits per heavy atom. The molecule has 2 aromatic rings. The zero-order valence-electron chi connectivity index (χ0n) is 16.1. The normalized spacial score (nSPS) is 15.7. The van der Waals surface area contributed by atoms with Gasteiger partial charge in [0.25, 0.3) is 0 Å². The zero-order chi connectivity index (χ0) is 21.1. The van der Waals surface area contributed by atoms with Crippen LogP contribution >= 0.6 is 11.6 Å². The van der Waals surface area contributed by atoms with Crippen molar-refractivity contribution in [3.05, 3.63) is 58.6 Å². The monoisotopic (exact) mass is 414 g/mol. The molecule has 0 spiro atoms. The maximum atomic E-state index is 12.2. The van der Waals surface area contributed by atoms with Gasteiger partial charge in [-0.2, -0.15) is 5.10 Å². The molecule has 1 heterocycles. The molecule has 1 atom stereocenters. The number of hydrogen-bond acceptors (Lipinski definition) is 6. The number of halogens is 1. The molecule has 0 aliphatic carbocycles. The standard InChI is InChI=1S/C21H19ClN2O5/c1-12(25)24-20(15-4-7-17(8-5-15)28-13(2)26)11-19(23-24)18-10-16(22)6-9-21(18)29-14(3)27/h4-10,20H,11H2,1-3H3/t20-/m0/s1. The SMILES string of the molecule is CC(=O)Oc1ccc([C@@H]2CC(c3cc(Cl)ccc3OC(C)=O)=NN2C(C)=O)cc1. The van der Waals surface area contributed by atoms with Crippen molar-refractivity contribution in [2.75, 3.05) is 0 Å². The van der Waals surface area contributed by atoms with E-state index in [0.29, 0.717) is 34.2 Å². The second-order valence-electron chi connectivity index (χ2n) is 6.53. The van der Waals surface area contributed by atoms with Crippen LogP contribution < -0.4 is 9.47 Å². The summed E-state index contributed by atoms with van der Waals surface area (Å²) in [6, 6.07) is 11.4. The third kappa shape index (κ3) is 4.81. The first-order valence-electron chi connectivity index (χ1n) is 8.88. The minimum absolute atomic E-state index is 0.231. The molecule has 0 aromatic heterocycles. The summed E-state index contributed by atoms with van der Waals surface area (Å²) in [5.74, 6) is -0.358. The number of ether oxygens (including phenoxy) is 2. The predicted octanol–water partition coefficient (Wildman–Crippen LogP) is 3.89. The topological polar surface area (TPSA) is 85.3 Å². The van der Waals surface area contributed by atoms with Gasteiger partial charge in [-0.3, -0.25) is 14.4 Å². The molecule has 2 aromatic carbocycles. The average Bonchev–Trinajstić information content (AvgIpc) is 3.08. The van der Waals surface area contributed by atoms with Crippen molar-refractivity contribution in [2.45, 2.75) is 33.2 Å². The van der Waals surface area contributed by atoms with Crippen LogP contribution in [0.2, 0.25) is 5.02 Å². The summed E-state index contributed by atoms with van der Waals surface area (Å²) in [7, 11) is 0. The molecule has 0 saturated carbocycles. The first kappa shape index (κ1) is 20.5. The Bertz CT molecular complexity index is 1000. The summed E-state index contributed by atoms with van der Waals surface area (Å²) in [6.07, 6.45) is 0.404. The highest BCUT2D eigenvalue weighted by Gasteiger charge is 2.32. The Hall–Kier alpha value is -3.19. The van der Waals surface area contributed by atoms with Gasteiger partial charge >= 0.3 is 11.9 Å². The summed E-state index contributed by atoms with van der Waals surface area (Å²) in [5.41, 5.74) is 1.96. The van der Waals surface area contributed by atoms with E-state index in [1.165, 1.54) is 25.8 Å². The number of amides is 1. The number of esters is 2. The Kier molecular flexibility index (Phi) is 5.98. The number of carbonyl (C=O) groups is 3. The molecule has 0 saturated heterocycles. The number of rotatable bonds is 4. The lowest BCUT2D eigenvalue weighted by atomic mass is 9.98. The minimum Gasteiger partial charge on any atom is -0.427 e. The third-order valence-corrected chi connectivity index (χ3v) is 4.50. The number of nitrogens with zero attached hydrogens (tertiary/aromatic N) is 2. The van der Waals surface area contributed by atoms with Gasteiger partial charge in [-0.25, -0.2) is 5.01 Å². The van der Waals surface area contributed by atoms with Gasteiger partial charge in [0, 0.05) is 37.8 Å². The predicted molar refractivity (Wildman–Crippen MR) is 107 cm³/mol. The maximum absolute atomic E-state index is 12.2. The summed E-state index contributed by atoms with van der Waals surface area (Å²) in [6.45, 7) is 4.07. The van der Waals surface area contributed by atoms with Crippen molar-refractivity contribution in [1.29, 1.82) is 0 Å². The van der Waals surface area contributed by atoms with Gasteiger partial charge in [0.1, 0.15) is 11.5 Å². The number of hydrazone groups is 1. The molecule has 1 amide bonds. The van der Waals surface area contributed by atoms with E-state index >= 15 is 0 Å². The van der Waals surface area contributed by atoms with Crippen LogP contribution in [-0.4, -0.2) is 28.6 Å². The third-order valence-electron chi connectivity index (χ3n) is 4.27. The Morgan fingerprint density at radius 3 is 2.24 bits per heavy atom. The van der Waals surface area contributed by atoms with Gasteiger partial charge in [-0.1, -0.05) is 23.7 Å². The van der Waals surface area contributed by atoms with Crippen LogP contribution in [0.1, 0.15) is 44.4 Å². The van der Waals surface area contributed by atoms with E-state index in [2.05, 4.69) is 5.10 Å². The molecule has 29 heavy (non-hydrogen) atoms. The first-order chi connectivity index (χ1) is 13.7. The van der Waals surface area contributed by atoms with E-state index in [1.807, 2.05) is 0 Å². The van der Waals surface area contributed by atoms with Crippen LogP contribution in [0, 0.1) is 0 Å². The zero-order valence-corrected chi connectivity index (χ0v) is 16.9. The van der Waals surface area contributed by atoms with Crippen LogP contribution in [0.5, 0.6) is 11.5 Å². The molecule has 0 N–H and O–H groups in total. The fourth-order valence-electron chi connectivity index (χ4n) is 3.12. The quantitative estimate of drug-likeness (QED) is 0.559. The molecule has 8 heteroatoms. The second kappa shape index (κ2) is 8.45. The van der Waals surface area contributed by atoms with E-state index in [0.717, 1.165) is 5.56 Å². The average molecular weight is 415 g/mol. The highest BCUT2D eigenvalue weighted by atomic mass is 35.5. The molecule has 1 aliphatic rings. The summed E-state index contributed by atoms with van der Waals surface area (Å²) in [5, 5.41) is 6.30. The minimum atomic E-state index is -0.465. The summed E-state index contributed by atoms with van der Waals surface area (Å²) < 4.78 is 10.3. The van der Waals surface area contributed by atoms with Gasteiger partial charge < -0.3 is 9.47 Å². The molecule has 0 bridgehead atoms. The van der Waals surface area contributed by atoms with E-state index in [9.17, 15) is 14.4 Å². The molecular formula is C21H19ClN2O5. The fourth-order valence-corrected chi connectivity index (χ4v) is 3.29. The van der Waals surface area contributed by atoms with E-state index in [-0.39, 0.29) is 11.9 Å². The van der Waals surface area contributed by atoms with Gasteiger partial charge in [-0.05, 0) is 35.9 Å². The molecule has 0 fully saturated rings. The van der Waals surface area contributed by atoms with Crippen molar-refractivity contribution in [3.63, 3.8) is 0 Å². The lowest BCUT2D eigenvalue weighted by Crippen LogP contribution is -2.24. The van der Waals surface area contributed by atoms with E-state index < -0.39 is 11.9 Å². The second-order valence-corrected chi connectivity index (χ2v) is 6.96. The Morgan fingerprint density at radius 1 is 1.00 bits per heavy atom. The summed E-state index contributed by atoms with van der Waals surface area (Å²) >= 11 is 6.13. The lowest BCUT2D eigenvalue weighted by molar-refractivity contribution is -0.132. The van der Waals surface area contributed by atoms with Crippen molar-refractivity contribution in [2.24, 2.45) is 5.10 Å². The highest BCUT2D eigenvalue weighted by Crippen LogP contribution is 2.36. The van der Waals surface area contributed by atoms with Crippen LogP contribution in [-0.2, 0) is 14.4 Å². The molecule has 7 nitrogen and oxygen atoms in total. The molecule has 0 radical (unpaired) electrons. The van der Waals surface area contributed by atoms with E-state index in [1.54, 1.807) is 42.5 Å². The van der Waals surface area contributed by atoms with Crippen LogP contribution in [0.15, 0.2) is 47.6 Å². The number of carbonyl (C=O) groups excluding carboxylic acids is 3. The van der Waals surface area contributed by atoms with Crippen LogP contribution in [0.3, 0.4) is 0 Å². The molecule has 1 aliphatic heterocycles. The number of hydrogen-bond donors (Lipinski definition) is 0. The molecular weight excluding hydrogens is 396 g/mol. The van der Waals surface area contributed by atoms with Crippen molar-refractivity contribution < 1.29 is 23.9 Å². The van der Waals surface area contributed by atoms with Crippen molar-refractivity contribution in [1.82, 2.24) is 5.01 Å². The van der Waals surface area contributed by atoms with Gasteiger partial charge in [0.2, 0.25) is 5.91 Å². The smallest absolute Gasteiger partial charge is 0.308 e. The van der Waals surface area contributed by atoms with Gasteiger partial charge in [-0.15, -0.1) is 0 Å². The maximum Gasteiger partial charge on any atom is 0.308 e. The number of benzene rings is 2.